The highest BCUT2D eigenvalue weighted by atomic mass is 16.5. The van der Waals surface area contributed by atoms with Crippen molar-refractivity contribution in [1.82, 2.24) is 9.97 Å². The highest BCUT2D eigenvalue weighted by molar-refractivity contribution is 5.96. The Morgan fingerprint density at radius 2 is 2.00 bits per heavy atom. The summed E-state index contributed by atoms with van der Waals surface area (Å²) >= 11 is 0. The lowest BCUT2D eigenvalue weighted by atomic mass is 10.2. The molecule has 1 heterocycles. The fraction of sp³-hybridized carbons (Fsp3) is 0.353. The quantitative estimate of drug-likeness (QED) is 0.796. The summed E-state index contributed by atoms with van der Waals surface area (Å²) in [6.07, 6.45) is 0. The molecule has 1 aromatic heterocycles. The van der Waals surface area contributed by atoms with Gasteiger partial charge in [0.25, 0.3) is 0 Å². The standard InChI is InChI=1S/C17H22N4O2/c1-11(2)10-18-15-9-12(3)19-17(21-15)20-14-8-6-5-7-13(14)16(22)23-4/h5-9,11H,10H2,1-4H3,(H2,18,19,20,21). The van der Waals surface area contributed by atoms with Crippen LogP contribution in [0.5, 0.6) is 0 Å². The van der Waals surface area contributed by atoms with E-state index in [-0.39, 0.29) is 0 Å². The SMILES string of the molecule is COC(=O)c1ccccc1Nc1nc(C)cc(NCC(C)C)n1. The number of rotatable bonds is 6. The van der Waals surface area contributed by atoms with E-state index < -0.39 is 5.97 Å². The van der Waals surface area contributed by atoms with Crippen LogP contribution in [0, 0.1) is 12.8 Å². The van der Waals surface area contributed by atoms with Crippen molar-refractivity contribution in [3.8, 4) is 0 Å². The summed E-state index contributed by atoms with van der Waals surface area (Å²) in [5.41, 5.74) is 1.89. The summed E-state index contributed by atoms with van der Waals surface area (Å²) in [4.78, 5) is 20.6. The first-order valence-electron chi connectivity index (χ1n) is 7.53. The van der Waals surface area contributed by atoms with Crippen molar-refractivity contribution in [2.45, 2.75) is 20.8 Å². The lowest BCUT2D eigenvalue weighted by molar-refractivity contribution is 0.0602. The second-order valence-electron chi connectivity index (χ2n) is 5.66. The van der Waals surface area contributed by atoms with E-state index in [1.54, 1.807) is 18.2 Å². The maximum atomic E-state index is 11.8. The number of aryl methyl sites for hydroxylation is 1. The van der Waals surface area contributed by atoms with Crippen LogP contribution in [0.3, 0.4) is 0 Å². The van der Waals surface area contributed by atoms with E-state index >= 15 is 0 Å². The van der Waals surface area contributed by atoms with Gasteiger partial charge in [0.2, 0.25) is 5.95 Å². The number of nitrogens with zero attached hydrogens (tertiary/aromatic N) is 2. The minimum Gasteiger partial charge on any atom is -0.465 e. The Kier molecular flexibility index (Phi) is 5.51. The molecule has 0 aliphatic rings. The molecule has 0 saturated carbocycles. The van der Waals surface area contributed by atoms with Crippen LogP contribution < -0.4 is 10.6 Å². The number of aromatic nitrogens is 2. The van der Waals surface area contributed by atoms with Gasteiger partial charge in [-0.1, -0.05) is 26.0 Å². The summed E-state index contributed by atoms with van der Waals surface area (Å²) in [5.74, 6) is 1.30. The van der Waals surface area contributed by atoms with Crippen LogP contribution >= 0.6 is 0 Å². The number of carbonyl (C=O) groups is 1. The van der Waals surface area contributed by atoms with Gasteiger partial charge in [0.15, 0.2) is 0 Å². The molecule has 0 aliphatic heterocycles. The molecule has 23 heavy (non-hydrogen) atoms. The number of esters is 1. The Hall–Kier alpha value is -2.63. The number of methoxy groups -OCH3 is 1. The molecule has 2 rings (SSSR count). The number of hydrogen-bond donors (Lipinski definition) is 2. The average Bonchev–Trinajstić information content (AvgIpc) is 2.52. The molecule has 0 fully saturated rings. The maximum absolute atomic E-state index is 11.8. The molecule has 6 heteroatoms. The number of ether oxygens (including phenoxy) is 1. The monoisotopic (exact) mass is 314 g/mol. The van der Waals surface area contributed by atoms with Crippen LogP contribution in [0.4, 0.5) is 17.5 Å². The first-order chi connectivity index (χ1) is 11.0. The van der Waals surface area contributed by atoms with Gasteiger partial charge >= 0.3 is 5.97 Å². The molecule has 0 aliphatic carbocycles. The van der Waals surface area contributed by atoms with E-state index in [1.807, 2.05) is 19.1 Å². The zero-order valence-corrected chi connectivity index (χ0v) is 13.9. The minimum atomic E-state index is -0.404. The van der Waals surface area contributed by atoms with Crippen molar-refractivity contribution in [2.24, 2.45) is 5.92 Å². The molecule has 1 aromatic carbocycles. The zero-order valence-electron chi connectivity index (χ0n) is 13.9. The van der Waals surface area contributed by atoms with Gasteiger partial charge in [0.1, 0.15) is 5.82 Å². The van der Waals surface area contributed by atoms with Crippen LogP contribution in [-0.2, 0) is 4.74 Å². The third-order valence-corrected chi connectivity index (χ3v) is 3.12. The van der Waals surface area contributed by atoms with Gasteiger partial charge < -0.3 is 15.4 Å². The zero-order chi connectivity index (χ0) is 16.8. The fourth-order valence-electron chi connectivity index (χ4n) is 2.02. The lowest BCUT2D eigenvalue weighted by Gasteiger charge is -2.12. The first-order valence-corrected chi connectivity index (χ1v) is 7.53. The van der Waals surface area contributed by atoms with E-state index in [0.29, 0.717) is 23.1 Å². The normalized spacial score (nSPS) is 10.5. The third-order valence-electron chi connectivity index (χ3n) is 3.12. The third kappa shape index (κ3) is 4.67. The van der Waals surface area contributed by atoms with Crippen molar-refractivity contribution in [3.63, 3.8) is 0 Å². The largest absolute Gasteiger partial charge is 0.465 e. The van der Waals surface area contributed by atoms with Crippen LogP contribution in [0.15, 0.2) is 30.3 Å². The molecular formula is C17H22N4O2. The van der Waals surface area contributed by atoms with Crippen molar-refractivity contribution in [2.75, 3.05) is 24.3 Å². The van der Waals surface area contributed by atoms with E-state index in [2.05, 4.69) is 34.4 Å². The Balaban J connectivity index is 2.25. The van der Waals surface area contributed by atoms with Gasteiger partial charge in [-0.3, -0.25) is 0 Å². The molecule has 0 bridgehead atoms. The topological polar surface area (TPSA) is 76.1 Å². The molecule has 2 N–H and O–H groups in total. The fourth-order valence-corrected chi connectivity index (χ4v) is 2.02. The van der Waals surface area contributed by atoms with Gasteiger partial charge in [-0.05, 0) is 25.0 Å². The van der Waals surface area contributed by atoms with Crippen molar-refractivity contribution in [1.29, 1.82) is 0 Å². The predicted molar refractivity (Wildman–Crippen MR) is 91.2 cm³/mol. The van der Waals surface area contributed by atoms with Crippen molar-refractivity contribution < 1.29 is 9.53 Å². The van der Waals surface area contributed by atoms with Crippen LogP contribution in [0.25, 0.3) is 0 Å². The molecule has 122 valence electrons. The molecule has 0 amide bonds. The number of benzene rings is 1. The van der Waals surface area contributed by atoms with Crippen LogP contribution in [0.1, 0.15) is 29.9 Å². The Morgan fingerprint density at radius 3 is 2.70 bits per heavy atom. The van der Waals surface area contributed by atoms with Gasteiger partial charge in [-0.15, -0.1) is 0 Å². The highest BCUT2D eigenvalue weighted by Gasteiger charge is 2.12. The van der Waals surface area contributed by atoms with Crippen molar-refractivity contribution >= 4 is 23.4 Å². The summed E-state index contributed by atoms with van der Waals surface area (Å²) in [7, 11) is 1.36. The van der Waals surface area contributed by atoms with E-state index in [9.17, 15) is 4.79 Å². The highest BCUT2D eigenvalue weighted by Crippen LogP contribution is 2.20. The summed E-state index contributed by atoms with van der Waals surface area (Å²) < 4.78 is 4.79. The second-order valence-corrected chi connectivity index (χ2v) is 5.66. The van der Waals surface area contributed by atoms with Gasteiger partial charge in [-0.25, -0.2) is 9.78 Å². The average molecular weight is 314 g/mol. The van der Waals surface area contributed by atoms with Crippen LogP contribution in [0.2, 0.25) is 0 Å². The van der Waals surface area contributed by atoms with E-state index in [4.69, 9.17) is 4.74 Å². The lowest BCUT2D eigenvalue weighted by Crippen LogP contribution is -2.11. The number of carbonyl (C=O) groups excluding carboxylic acids is 1. The Labute approximate surface area is 136 Å². The molecule has 6 nitrogen and oxygen atoms in total. The predicted octanol–water partition coefficient (Wildman–Crippen LogP) is 3.38. The first kappa shape index (κ1) is 16.7. The molecule has 2 aromatic rings. The summed E-state index contributed by atoms with van der Waals surface area (Å²) in [6, 6.07) is 8.99. The van der Waals surface area contributed by atoms with E-state index in [0.717, 1.165) is 18.1 Å². The van der Waals surface area contributed by atoms with Gasteiger partial charge in [0.05, 0.1) is 18.4 Å². The number of hydrogen-bond acceptors (Lipinski definition) is 6. The number of para-hydroxylation sites is 1. The molecule has 0 spiro atoms. The minimum absolute atomic E-state index is 0.404. The second kappa shape index (κ2) is 7.58. The van der Waals surface area contributed by atoms with Gasteiger partial charge in [-0.2, -0.15) is 4.98 Å². The molecule has 0 radical (unpaired) electrons. The summed E-state index contributed by atoms with van der Waals surface area (Å²) in [5, 5.41) is 6.37. The smallest absolute Gasteiger partial charge is 0.339 e. The van der Waals surface area contributed by atoms with Crippen molar-refractivity contribution in [3.05, 3.63) is 41.6 Å². The maximum Gasteiger partial charge on any atom is 0.339 e. The molecular weight excluding hydrogens is 292 g/mol. The molecule has 0 unspecified atom stereocenters. The summed E-state index contributed by atoms with van der Waals surface area (Å²) in [6.45, 7) is 6.99. The van der Waals surface area contributed by atoms with Gasteiger partial charge in [0, 0.05) is 18.3 Å². The Morgan fingerprint density at radius 1 is 1.26 bits per heavy atom. The number of anilines is 3. The number of nitrogens with one attached hydrogen (secondary N) is 2. The molecule has 0 saturated heterocycles. The Bertz CT molecular complexity index is 686. The molecule has 0 atom stereocenters. The van der Waals surface area contributed by atoms with E-state index in [1.165, 1.54) is 7.11 Å². The van der Waals surface area contributed by atoms with Crippen LogP contribution in [-0.4, -0.2) is 29.6 Å².